The van der Waals surface area contributed by atoms with Gasteiger partial charge in [-0.2, -0.15) is 0 Å². The molecule has 4 aliphatic rings. The van der Waals surface area contributed by atoms with Crippen LogP contribution in [0, 0.1) is 81.2 Å². The van der Waals surface area contributed by atoms with Gasteiger partial charge >= 0.3 is 0 Å². The molecule has 3 saturated carbocycles. The van der Waals surface area contributed by atoms with Crippen LogP contribution in [0.1, 0.15) is 381 Å². The molecule has 0 radical (unpaired) electrons. The number of hydrogen-bond acceptors (Lipinski definition) is 1. The van der Waals surface area contributed by atoms with Crippen molar-refractivity contribution in [1.29, 1.82) is 0 Å². The van der Waals surface area contributed by atoms with Crippen LogP contribution in [0.5, 0.6) is 0 Å². The molecule has 1 heteroatoms. The van der Waals surface area contributed by atoms with Gasteiger partial charge in [0, 0.05) is 13.2 Å². The number of hydrogen-bond donors (Lipinski definition) is 0. The lowest BCUT2D eigenvalue weighted by atomic mass is 9.51. The summed E-state index contributed by atoms with van der Waals surface area (Å²) < 4.78 is 5.53. The first-order valence-electron chi connectivity index (χ1n) is 29.7. The third-order valence-corrected chi connectivity index (χ3v) is 19.0. The van der Waals surface area contributed by atoms with Crippen molar-refractivity contribution in [1.82, 2.24) is 0 Å². The SMILES string of the molecule is C.C.C.C.C.CC(C)(C)CC(C)(C)C(C)(C)C.CC(C)(C)CC1(C(C)(C)C)CCC1.CC(C)(C)CC1(C(C)(C)C)CCCC1.CC(C)(C)CC1(C(C)(C)C)CCCCC1.CC(C)(C)CC1(C(C)(C)C)CCOCC1. The van der Waals surface area contributed by atoms with Crippen LogP contribution in [0.4, 0.5) is 0 Å². The predicted octanol–water partition coefficient (Wildman–Crippen LogP) is 27.0. The second-order valence-electron chi connectivity index (χ2n) is 36.7. The van der Waals surface area contributed by atoms with Gasteiger partial charge in [0.05, 0.1) is 0 Å². The average Bonchev–Trinajstić information content (AvgIpc) is 3.52. The Kier molecular flexibility index (Phi) is 34.7. The van der Waals surface area contributed by atoms with Gasteiger partial charge in [-0.25, -0.2) is 0 Å². The van der Waals surface area contributed by atoms with Crippen LogP contribution in [0.2, 0.25) is 0 Å². The Morgan fingerprint density at radius 1 is 0.257 bits per heavy atom. The monoisotopic (exact) mass is 1050 g/mol. The molecule has 3 aliphatic carbocycles. The normalized spacial score (nSPS) is 19.9. The first kappa shape index (κ1) is 85.2. The highest BCUT2D eigenvalue weighted by Gasteiger charge is 2.49. The van der Waals surface area contributed by atoms with Crippen molar-refractivity contribution < 1.29 is 4.74 Å². The van der Waals surface area contributed by atoms with Gasteiger partial charge in [-0.3, -0.25) is 0 Å². The van der Waals surface area contributed by atoms with Gasteiger partial charge in [-0.05, 0) is 165 Å². The Morgan fingerprint density at radius 3 is 0.608 bits per heavy atom. The third-order valence-electron chi connectivity index (χ3n) is 19.0. The molecule has 0 aromatic carbocycles. The van der Waals surface area contributed by atoms with E-state index >= 15 is 0 Å². The van der Waals surface area contributed by atoms with Gasteiger partial charge < -0.3 is 4.74 Å². The topological polar surface area (TPSA) is 9.23 Å². The highest BCUT2D eigenvalue weighted by atomic mass is 16.5. The standard InChI is InChI=1S/C15H30.C14H28O.C14H28.C13H26.C12H26.5CH4/c1-13(2,3)12-15(14(4,5)6)10-8-7-9-11-15;1-12(2,3)11-14(13(4,5)6)7-9-15-10-8-14;1-12(2,3)11-14(13(4,5)6)9-7-8-10-14;1-11(2,3)10-13(8-7-9-13)12(4,5)6;1-10(2,3)9-12(7,8)11(4,5)6;;;;;/h7-12H2,1-6H3;7-11H2,1-6H3;7-11H2,1-6H3;7-10H2,1-6H3;9H2,1-8H3;5*1H4. The van der Waals surface area contributed by atoms with Crippen LogP contribution in [0.25, 0.3) is 0 Å². The summed E-state index contributed by atoms with van der Waals surface area (Å²) in [5.41, 5.74) is 7.33. The molecule has 456 valence electrons. The maximum atomic E-state index is 5.53. The van der Waals surface area contributed by atoms with Crippen LogP contribution in [0.3, 0.4) is 0 Å². The Labute approximate surface area is 477 Å². The van der Waals surface area contributed by atoms with Crippen molar-refractivity contribution >= 4 is 0 Å². The Hall–Kier alpha value is -0.0400. The van der Waals surface area contributed by atoms with Gasteiger partial charge in [0.1, 0.15) is 0 Å². The van der Waals surface area contributed by atoms with Crippen LogP contribution < -0.4 is 0 Å². The molecule has 0 bridgehead atoms. The zero-order valence-corrected chi connectivity index (χ0v) is 54.8. The van der Waals surface area contributed by atoms with E-state index in [-0.39, 0.29) is 37.1 Å². The summed E-state index contributed by atoms with van der Waals surface area (Å²) in [6, 6.07) is 0. The molecule has 0 N–H and O–H groups in total. The summed E-state index contributed by atoms with van der Waals surface area (Å²) in [4.78, 5) is 0. The molecule has 74 heavy (non-hydrogen) atoms. The van der Waals surface area contributed by atoms with E-state index in [1.807, 2.05) is 0 Å². The van der Waals surface area contributed by atoms with E-state index in [1.165, 1.54) is 122 Å². The van der Waals surface area contributed by atoms with Crippen molar-refractivity contribution in [3.05, 3.63) is 0 Å². The van der Waals surface area contributed by atoms with E-state index in [0.29, 0.717) is 81.2 Å². The average molecular weight is 1050 g/mol. The largest absolute Gasteiger partial charge is 0.381 e. The molecule has 0 aromatic heterocycles. The first-order valence-corrected chi connectivity index (χ1v) is 29.7. The van der Waals surface area contributed by atoms with Gasteiger partial charge in [-0.15, -0.1) is 0 Å². The van der Waals surface area contributed by atoms with Crippen LogP contribution in [-0.4, -0.2) is 13.2 Å². The molecule has 1 saturated heterocycles. The van der Waals surface area contributed by atoms with Gasteiger partial charge in [-0.1, -0.05) is 297 Å². The lowest BCUT2D eigenvalue weighted by molar-refractivity contribution is -0.0686. The zero-order valence-electron chi connectivity index (χ0n) is 54.8. The summed E-state index contributed by atoms with van der Waals surface area (Å²) >= 11 is 0. The molecule has 0 atom stereocenters. The molecule has 0 unspecified atom stereocenters. The molecule has 0 aromatic rings. The van der Waals surface area contributed by atoms with Gasteiger partial charge in [0.15, 0.2) is 0 Å². The second-order valence-corrected chi connectivity index (χ2v) is 36.7. The van der Waals surface area contributed by atoms with Crippen molar-refractivity contribution in [3.63, 3.8) is 0 Å². The molecule has 4 fully saturated rings. The van der Waals surface area contributed by atoms with E-state index in [0.717, 1.165) is 13.2 Å². The lowest BCUT2D eigenvalue weighted by Crippen LogP contribution is -2.44. The zero-order chi connectivity index (χ0) is 55.1. The van der Waals surface area contributed by atoms with Gasteiger partial charge in [0.2, 0.25) is 0 Å². The fourth-order valence-corrected chi connectivity index (χ4v) is 14.1. The van der Waals surface area contributed by atoms with E-state index in [1.54, 1.807) is 0 Å². The fourth-order valence-electron chi connectivity index (χ4n) is 14.1. The maximum absolute atomic E-state index is 5.53. The van der Waals surface area contributed by atoms with E-state index in [2.05, 4.69) is 222 Å². The summed E-state index contributed by atoms with van der Waals surface area (Å²) in [6.07, 6.45) is 26.7. The summed E-state index contributed by atoms with van der Waals surface area (Å²) in [5.74, 6) is 0. The van der Waals surface area contributed by atoms with Crippen molar-refractivity contribution in [2.75, 3.05) is 13.2 Å². The maximum Gasteiger partial charge on any atom is 0.0471 e. The minimum absolute atomic E-state index is 0. The molecule has 1 nitrogen and oxygen atoms in total. The van der Waals surface area contributed by atoms with Crippen LogP contribution in [-0.2, 0) is 4.74 Å². The fraction of sp³-hybridized carbons (Fsp3) is 1.00. The molecule has 1 aliphatic heterocycles. The van der Waals surface area contributed by atoms with Crippen LogP contribution >= 0.6 is 0 Å². The highest BCUT2D eigenvalue weighted by Crippen LogP contribution is 2.60. The predicted molar refractivity (Wildman–Crippen MR) is 350 cm³/mol. The summed E-state index contributed by atoms with van der Waals surface area (Å²) in [5, 5.41) is 0. The van der Waals surface area contributed by atoms with E-state index < -0.39 is 0 Å². The Morgan fingerprint density at radius 2 is 0.459 bits per heavy atom. The molecular weight excluding hydrogens is 893 g/mol. The Balaban J connectivity index is -0.000000192. The second kappa shape index (κ2) is 30.1. The van der Waals surface area contributed by atoms with Crippen molar-refractivity contribution in [2.24, 2.45) is 81.2 Å². The number of rotatable bonds is 5. The minimum Gasteiger partial charge on any atom is -0.381 e. The van der Waals surface area contributed by atoms with E-state index in [4.69, 9.17) is 4.74 Å². The minimum atomic E-state index is 0. The molecule has 0 spiro atoms. The first-order chi connectivity index (χ1) is 30.1. The van der Waals surface area contributed by atoms with E-state index in [9.17, 15) is 0 Å². The summed E-state index contributed by atoms with van der Waals surface area (Å²) in [6.45, 7) is 78.2. The van der Waals surface area contributed by atoms with Crippen molar-refractivity contribution in [2.45, 2.75) is 381 Å². The summed E-state index contributed by atoms with van der Waals surface area (Å²) in [7, 11) is 0. The molecule has 1 heterocycles. The third kappa shape index (κ3) is 28.9. The van der Waals surface area contributed by atoms with Crippen LogP contribution in [0.15, 0.2) is 0 Å². The molecular formula is C73H158O. The Bertz CT molecular complexity index is 1360. The van der Waals surface area contributed by atoms with Crippen molar-refractivity contribution in [3.8, 4) is 0 Å². The highest BCUT2D eigenvalue weighted by molar-refractivity contribution is 5.00. The lowest BCUT2D eigenvalue weighted by Gasteiger charge is -2.54. The molecule has 4 rings (SSSR count). The number of ether oxygens (including phenoxy) is 1. The smallest absolute Gasteiger partial charge is 0.0471 e. The van der Waals surface area contributed by atoms with Gasteiger partial charge in [0.25, 0.3) is 0 Å². The molecule has 0 amide bonds. The quantitative estimate of drug-likeness (QED) is 0.267.